The van der Waals surface area contributed by atoms with Crippen LogP contribution in [-0.4, -0.2) is 31.3 Å². The topological polar surface area (TPSA) is 80.9 Å². The maximum absolute atomic E-state index is 10.5. The van der Waals surface area contributed by atoms with E-state index in [2.05, 4.69) is 31.5 Å². The Morgan fingerprint density at radius 3 is 2.74 bits per heavy atom. The molecule has 0 saturated carbocycles. The first-order valence-electron chi connectivity index (χ1n) is 5.86. The quantitative estimate of drug-likeness (QED) is 0.877. The zero-order valence-electron chi connectivity index (χ0n) is 10.2. The monoisotopic (exact) mass is 324 g/mol. The number of halogens is 1. The number of aliphatic carboxylic acids is 1. The molecule has 1 heterocycles. The molecule has 1 N–H and O–H groups in total. The summed E-state index contributed by atoms with van der Waals surface area (Å²) in [4.78, 5) is 10.5. The van der Waals surface area contributed by atoms with Crippen molar-refractivity contribution in [3.8, 4) is 0 Å². The van der Waals surface area contributed by atoms with Gasteiger partial charge in [0.1, 0.15) is 0 Å². The van der Waals surface area contributed by atoms with Crippen molar-refractivity contribution < 1.29 is 9.90 Å². The lowest BCUT2D eigenvalue weighted by Crippen LogP contribution is -2.08. The number of carboxylic acids is 1. The van der Waals surface area contributed by atoms with Crippen LogP contribution in [0.15, 0.2) is 28.7 Å². The van der Waals surface area contributed by atoms with Gasteiger partial charge in [-0.1, -0.05) is 28.1 Å². The summed E-state index contributed by atoms with van der Waals surface area (Å²) in [5, 5.41) is 20.1. The predicted octanol–water partition coefficient (Wildman–Crippen LogP) is 1.89. The van der Waals surface area contributed by atoms with Gasteiger partial charge in [0, 0.05) is 23.9 Å². The lowest BCUT2D eigenvalue weighted by Gasteiger charge is -2.04. The second kappa shape index (κ2) is 6.42. The number of hydrogen-bond acceptors (Lipinski definition) is 4. The molecular formula is C12H13BrN4O2. The number of rotatable bonds is 6. The molecule has 0 amide bonds. The number of aromatic nitrogens is 4. The highest BCUT2D eigenvalue weighted by atomic mass is 79.9. The molecule has 0 aliphatic heterocycles. The number of hydrogen-bond donors (Lipinski definition) is 1. The molecule has 100 valence electrons. The first-order chi connectivity index (χ1) is 9.15. The summed E-state index contributed by atoms with van der Waals surface area (Å²) in [6.07, 6.45) is 1.28. The predicted molar refractivity (Wildman–Crippen MR) is 71.6 cm³/mol. The number of tetrazole rings is 1. The fraction of sp³-hybridized carbons (Fsp3) is 0.333. The third kappa shape index (κ3) is 4.13. The zero-order valence-corrected chi connectivity index (χ0v) is 11.7. The van der Waals surface area contributed by atoms with Gasteiger partial charge in [0.2, 0.25) is 0 Å². The minimum absolute atomic E-state index is 0.123. The van der Waals surface area contributed by atoms with Crippen LogP contribution in [0.4, 0.5) is 0 Å². The van der Waals surface area contributed by atoms with Crippen molar-refractivity contribution in [1.29, 1.82) is 0 Å². The van der Waals surface area contributed by atoms with Gasteiger partial charge in [-0.2, -0.15) is 0 Å². The van der Waals surface area contributed by atoms with Crippen molar-refractivity contribution in [2.45, 2.75) is 25.8 Å². The number of nitrogens with zero attached hydrogens (tertiary/aromatic N) is 4. The third-order valence-corrected chi connectivity index (χ3v) is 3.17. The average molecular weight is 325 g/mol. The molecule has 0 aliphatic rings. The van der Waals surface area contributed by atoms with Crippen LogP contribution < -0.4 is 0 Å². The van der Waals surface area contributed by atoms with Gasteiger partial charge in [0.25, 0.3) is 0 Å². The SMILES string of the molecule is O=C(O)CCCn1nnnc1Cc1ccc(Br)cc1. The van der Waals surface area contributed by atoms with E-state index in [1.165, 1.54) is 0 Å². The van der Waals surface area contributed by atoms with Crippen LogP contribution in [0.5, 0.6) is 0 Å². The molecule has 1 aromatic heterocycles. The number of carboxylic acid groups (broad SMARTS) is 1. The molecule has 0 saturated heterocycles. The highest BCUT2D eigenvalue weighted by Gasteiger charge is 2.07. The summed E-state index contributed by atoms with van der Waals surface area (Å²) in [6, 6.07) is 7.93. The minimum Gasteiger partial charge on any atom is -0.481 e. The van der Waals surface area contributed by atoms with Crippen LogP contribution in [0, 0.1) is 0 Å². The minimum atomic E-state index is -0.803. The normalized spacial score (nSPS) is 10.6. The van der Waals surface area contributed by atoms with Crippen molar-refractivity contribution in [2.75, 3.05) is 0 Å². The Bertz CT molecular complexity index is 553. The van der Waals surface area contributed by atoms with Crippen LogP contribution in [0.1, 0.15) is 24.2 Å². The fourth-order valence-electron chi connectivity index (χ4n) is 1.69. The smallest absolute Gasteiger partial charge is 0.303 e. The van der Waals surface area contributed by atoms with Gasteiger partial charge < -0.3 is 5.11 Å². The summed E-state index contributed by atoms with van der Waals surface area (Å²) in [6.45, 7) is 0.519. The van der Waals surface area contributed by atoms with E-state index < -0.39 is 5.97 Å². The van der Waals surface area contributed by atoms with E-state index in [0.717, 1.165) is 15.9 Å². The van der Waals surface area contributed by atoms with E-state index >= 15 is 0 Å². The molecule has 6 nitrogen and oxygen atoms in total. The van der Waals surface area contributed by atoms with Gasteiger partial charge in [-0.15, -0.1) is 5.10 Å². The molecule has 0 fully saturated rings. The molecule has 0 atom stereocenters. The molecule has 0 bridgehead atoms. The average Bonchev–Trinajstić information content (AvgIpc) is 2.79. The van der Waals surface area contributed by atoms with E-state index in [9.17, 15) is 4.79 Å². The van der Waals surface area contributed by atoms with E-state index in [0.29, 0.717) is 19.4 Å². The Morgan fingerprint density at radius 1 is 1.32 bits per heavy atom. The second-order valence-electron chi connectivity index (χ2n) is 4.12. The molecule has 7 heteroatoms. The summed E-state index contributed by atoms with van der Waals surface area (Å²) >= 11 is 3.38. The van der Waals surface area contributed by atoms with Gasteiger partial charge >= 0.3 is 5.97 Å². The maximum atomic E-state index is 10.5. The van der Waals surface area contributed by atoms with Crippen LogP contribution in [0.3, 0.4) is 0 Å². The molecule has 0 unspecified atom stereocenters. The summed E-state index contributed by atoms with van der Waals surface area (Å²) in [5.41, 5.74) is 1.11. The molecule has 0 aliphatic carbocycles. The third-order valence-electron chi connectivity index (χ3n) is 2.64. The van der Waals surface area contributed by atoms with Gasteiger partial charge in [0.15, 0.2) is 5.82 Å². The standard InChI is InChI=1S/C12H13BrN4O2/c13-10-5-3-9(4-6-10)8-11-14-15-16-17(11)7-1-2-12(18)19/h3-6H,1-2,7-8H2,(H,18,19). The fourth-order valence-corrected chi connectivity index (χ4v) is 1.95. The van der Waals surface area contributed by atoms with Crippen LogP contribution in [0.2, 0.25) is 0 Å². The summed E-state index contributed by atoms with van der Waals surface area (Å²) in [5.74, 6) is -0.0600. The van der Waals surface area contributed by atoms with E-state index in [1.54, 1.807) is 4.68 Å². The number of benzene rings is 1. The first-order valence-corrected chi connectivity index (χ1v) is 6.66. The van der Waals surface area contributed by atoms with Crippen molar-refractivity contribution >= 4 is 21.9 Å². The molecule has 0 radical (unpaired) electrons. The van der Waals surface area contributed by atoms with E-state index in [4.69, 9.17) is 5.11 Å². The highest BCUT2D eigenvalue weighted by molar-refractivity contribution is 9.10. The molecule has 0 spiro atoms. The zero-order chi connectivity index (χ0) is 13.7. The molecule has 2 aromatic rings. The van der Waals surface area contributed by atoms with Crippen molar-refractivity contribution in [1.82, 2.24) is 20.2 Å². The van der Waals surface area contributed by atoms with Crippen molar-refractivity contribution in [3.63, 3.8) is 0 Å². The van der Waals surface area contributed by atoms with Gasteiger partial charge in [0.05, 0.1) is 0 Å². The van der Waals surface area contributed by atoms with Gasteiger partial charge in [-0.25, -0.2) is 4.68 Å². The van der Waals surface area contributed by atoms with E-state index in [1.807, 2.05) is 24.3 Å². The first kappa shape index (κ1) is 13.7. The van der Waals surface area contributed by atoms with Gasteiger partial charge in [-0.05, 0) is 34.5 Å². The second-order valence-corrected chi connectivity index (χ2v) is 5.03. The molecular weight excluding hydrogens is 312 g/mol. The summed E-state index contributed by atoms with van der Waals surface area (Å²) in [7, 11) is 0. The van der Waals surface area contributed by atoms with E-state index in [-0.39, 0.29) is 6.42 Å². The molecule has 19 heavy (non-hydrogen) atoms. The molecule has 2 rings (SSSR count). The Hall–Kier alpha value is -1.76. The maximum Gasteiger partial charge on any atom is 0.303 e. The molecule has 1 aromatic carbocycles. The lowest BCUT2D eigenvalue weighted by atomic mass is 10.1. The largest absolute Gasteiger partial charge is 0.481 e. The Morgan fingerprint density at radius 2 is 2.05 bits per heavy atom. The number of carbonyl (C=O) groups is 1. The van der Waals surface area contributed by atoms with Crippen LogP contribution in [-0.2, 0) is 17.8 Å². The Labute approximate surface area is 118 Å². The number of aryl methyl sites for hydroxylation is 1. The Balaban J connectivity index is 1.99. The van der Waals surface area contributed by atoms with Gasteiger partial charge in [-0.3, -0.25) is 4.79 Å². The Kier molecular flexibility index (Phi) is 4.62. The van der Waals surface area contributed by atoms with Crippen molar-refractivity contribution in [3.05, 3.63) is 40.1 Å². The van der Waals surface area contributed by atoms with Crippen molar-refractivity contribution in [2.24, 2.45) is 0 Å². The summed E-state index contributed by atoms with van der Waals surface area (Å²) < 4.78 is 2.68. The van der Waals surface area contributed by atoms with Crippen LogP contribution >= 0.6 is 15.9 Å². The lowest BCUT2D eigenvalue weighted by molar-refractivity contribution is -0.137. The van der Waals surface area contributed by atoms with Crippen LogP contribution in [0.25, 0.3) is 0 Å². The highest BCUT2D eigenvalue weighted by Crippen LogP contribution is 2.13.